The van der Waals surface area contributed by atoms with Crippen molar-refractivity contribution in [2.45, 2.75) is 32.7 Å². The lowest BCUT2D eigenvalue weighted by Gasteiger charge is -2.24. The maximum atomic E-state index is 13.4. The van der Waals surface area contributed by atoms with Crippen LogP contribution in [-0.4, -0.2) is 42.1 Å². The summed E-state index contributed by atoms with van der Waals surface area (Å²) in [5.74, 6) is 1.00. The zero-order valence-corrected chi connectivity index (χ0v) is 22.7. The van der Waals surface area contributed by atoms with Gasteiger partial charge in [-0.25, -0.2) is 0 Å². The summed E-state index contributed by atoms with van der Waals surface area (Å²) in [7, 11) is 1.60. The molecule has 1 unspecified atom stereocenters. The van der Waals surface area contributed by atoms with Crippen LogP contribution in [0.1, 0.15) is 47.9 Å². The van der Waals surface area contributed by atoms with Crippen molar-refractivity contribution in [3.8, 4) is 17.1 Å². The highest BCUT2D eigenvalue weighted by Crippen LogP contribution is 2.25. The van der Waals surface area contributed by atoms with Crippen molar-refractivity contribution in [3.63, 3.8) is 0 Å². The van der Waals surface area contributed by atoms with Crippen LogP contribution in [0.4, 0.5) is 0 Å². The predicted octanol–water partition coefficient (Wildman–Crippen LogP) is 5.94. The molecule has 4 aromatic rings. The highest BCUT2D eigenvalue weighted by Gasteiger charge is 2.23. The molecule has 0 aliphatic rings. The number of ether oxygens (including phenoxy) is 1. The minimum Gasteiger partial charge on any atom is -0.497 e. The molecule has 7 nitrogen and oxygen atoms in total. The van der Waals surface area contributed by atoms with E-state index in [1.165, 1.54) is 0 Å². The molecule has 1 N–H and O–H groups in total. The third-order valence-electron chi connectivity index (χ3n) is 6.38. The first-order valence-corrected chi connectivity index (χ1v) is 13.2. The van der Waals surface area contributed by atoms with E-state index >= 15 is 0 Å². The first kappa shape index (κ1) is 27.6. The second-order valence-corrected chi connectivity index (χ2v) is 9.92. The molecule has 3 aromatic carbocycles. The van der Waals surface area contributed by atoms with E-state index in [0.717, 1.165) is 16.7 Å². The molecular formula is C32H35N3O4. The lowest BCUT2D eigenvalue weighted by Crippen LogP contribution is -2.38. The third kappa shape index (κ3) is 7.80. The Hall–Kier alpha value is -4.39. The number of amides is 2. The maximum absolute atomic E-state index is 13.4. The van der Waals surface area contributed by atoms with Gasteiger partial charge in [-0.15, -0.1) is 0 Å². The molecule has 0 aliphatic heterocycles. The van der Waals surface area contributed by atoms with Crippen LogP contribution in [0.2, 0.25) is 0 Å². The molecule has 39 heavy (non-hydrogen) atoms. The Morgan fingerprint density at radius 1 is 0.949 bits per heavy atom. The molecule has 0 aliphatic carbocycles. The van der Waals surface area contributed by atoms with Crippen molar-refractivity contribution in [2.24, 2.45) is 5.92 Å². The monoisotopic (exact) mass is 525 g/mol. The summed E-state index contributed by atoms with van der Waals surface area (Å²) in [5, 5.41) is 7.21. The molecule has 7 heteroatoms. The van der Waals surface area contributed by atoms with Gasteiger partial charge in [0.15, 0.2) is 11.5 Å². The number of hydrogen-bond donors (Lipinski definition) is 1. The van der Waals surface area contributed by atoms with E-state index in [4.69, 9.17) is 9.26 Å². The van der Waals surface area contributed by atoms with Gasteiger partial charge >= 0.3 is 0 Å². The minimum atomic E-state index is -0.265. The van der Waals surface area contributed by atoms with Crippen molar-refractivity contribution in [2.75, 3.05) is 20.2 Å². The van der Waals surface area contributed by atoms with Gasteiger partial charge in [0.25, 0.3) is 5.91 Å². The fourth-order valence-corrected chi connectivity index (χ4v) is 4.46. The van der Waals surface area contributed by atoms with Crippen LogP contribution in [-0.2, 0) is 11.2 Å². The highest BCUT2D eigenvalue weighted by atomic mass is 16.5. The minimum absolute atomic E-state index is 0.112. The van der Waals surface area contributed by atoms with Crippen molar-refractivity contribution in [1.82, 2.24) is 15.4 Å². The number of nitrogens with zero attached hydrogens (tertiary/aromatic N) is 2. The smallest absolute Gasteiger partial charge is 0.276 e. The van der Waals surface area contributed by atoms with Crippen molar-refractivity contribution in [1.29, 1.82) is 0 Å². The van der Waals surface area contributed by atoms with E-state index in [9.17, 15) is 9.59 Å². The van der Waals surface area contributed by atoms with Crippen molar-refractivity contribution in [3.05, 3.63) is 108 Å². The summed E-state index contributed by atoms with van der Waals surface area (Å²) >= 11 is 0. The van der Waals surface area contributed by atoms with Crippen LogP contribution in [0.5, 0.6) is 5.75 Å². The summed E-state index contributed by atoms with van der Waals surface area (Å²) in [6.45, 7) is 4.85. The van der Waals surface area contributed by atoms with Gasteiger partial charge in [0.05, 0.1) is 13.2 Å². The topological polar surface area (TPSA) is 84.7 Å². The molecule has 1 aromatic heterocycles. The largest absolute Gasteiger partial charge is 0.497 e. The predicted molar refractivity (Wildman–Crippen MR) is 151 cm³/mol. The van der Waals surface area contributed by atoms with Crippen LogP contribution >= 0.6 is 0 Å². The fourth-order valence-electron chi connectivity index (χ4n) is 4.46. The van der Waals surface area contributed by atoms with Crippen LogP contribution in [0.3, 0.4) is 0 Å². The average Bonchev–Trinajstić information content (AvgIpc) is 3.46. The van der Waals surface area contributed by atoms with Crippen LogP contribution < -0.4 is 10.1 Å². The number of hydrogen-bond acceptors (Lipinski definition) is 5. The van der Waals surface area contributed by atoms with Gasteiger partial charge in [-0.3, -0.25) is 9.59 Å². The van der Waals surface area contributed by atoms with Crippen LogP contribution in [0.25, 0.3) is 11.3 Å². The summed E-state index contributed by atoms with van der Waals surface area (Å²) in [5.41, 5.74) is 3.15. The van der Waals surface area contributed by atoms with Gasteiger partial charge in [-0.05, 0) is 35.6 Å². The molecule has 0 bridgehead atoms. The first-order valence-electron chi connectivity index (χ1n) is 13.2. The molecule has 1 atom stereocenters. The quantitative estimate of drug-likeness (QED) is 0.248. The van der Waals surface area contributed by atoms with Crippen LogP contribution in [0.15, 0.2) is 95.5 Å². The van der Waals surface area contributed by atoms with Crippen molar-refractivity contribution < 1.29 is 18.8 Å². The zero-order valence-electron chi connectivity index (χ0n) is 22.7. The van der Waals surface area contributed by atoms with E-state index < -0.39 is 0 Å². The van der Waals surface area contributed by atoms with Gasteiger partial charge in [0.1, 0.15) is 5.75 Å². The Balaban J connectivity index is 1.43. The number of benzene rings is 3. The molecule has 4 rings (SSSR count). The van der Waals surface area contributed by atoms with Gasteiger partial charge in [-0.1, -0.05) is 91.8 Å². The van der Waals surface area contributed by atoms with Gasteiger partial charge in [-0.2, -0.15) is 0 Å². The van der Waals surface area contributed by atoms with Gasteiger partial charge in [0, 0.05) is 31.1 Å². The highest BCUT2D eigenvalue weighted by molar-refractivity contribution is 5.93. The molecule has 0 saturated carbocycles. The number of carbonyl (C=O) groups excluding carboxylic acids is 2. The Morgan fingerprint density at radius 3 is 2.36 bits per heavy atom. The molecule has 0 spiro atoms. The third-order valence-corrected chi connectivity index (χ3v) is 6.38. The number of nitrogens with one attached hydrogen (secondary N) is 1. The van der Waals surface area contributed by atoms with E-state index in [0.29, 0.717) is 24.5 Å². The lowest BCUT2D eigenvalue weighted by molar-refractivity contribution is -0.122. The molecule has 0 radical (unpaired) electrons. The molecule has 2 amide bonds. The molecule has 202 valence electrons. The summed E-state index contributed by atoms with van der Waals surface area (Å²) in [6, 6.07) is 28.9. The molecule has 1 heterocycles. The standard InChI is InChI=1S/C32H35N3O4/c1-23(2)22-35(32(37)29-21-30(39-34-29)26-15-10-16-27(20-26)38-3)18-17-31(36)33-28(25-13-8-5-9-14-25)19-24-11-6-4-7-12-24/h4-16,20-21,23,28H,17-19,22H2,1-3H3,(H,33,36). The SMILES string of the molecule is COc1cccc(-c2cc(C(=O)N(CCC(=O)NC(Cc3ccccc3)c3ccccc3)CC(C)C)no2)c1. The van der Waals surface area contributed by atoms with E-state index in [2.05, 4.69) is 22.6 Å². The van der Waals surface area contributed by atoms with E-state index in [-0.39, 0.29) is 42.4 Å². The van der Waals surface area contributed by atoms with Crippen molar-refractivity contribution >= 4 is 11.8 Å². The van der Waals surface area contributed by atoms with Gasteiger partial charge < -0.3 is 19.5 Å². The number of carbonyl (C=O) groups is 2. The second-order valence-electron chi connectivity index (χ2n) is 9.92. The molecular weight excluding hydrogens is 490 g/mol. The normalized spacial score (nSPS) is 11.7. The first-order chi connectivity index (χ1) is 18.9. The zero-order chi connectivity index (χ0) is 27.6. The van der Waals surface area contributed by atoms with E-state index in [1.807, 2.05) is 86.6 Å². The number of methoxy groups -OCH3 is 1. The number of aromatic nitrogens is 1. The average molecular weight is 526 g/mol. The van der Waals surface area contributed by atoms with Gasteiger partial charge in [0.2, 0.25) is 5.91 Å². The summed E-state index contributed by atoms with van der Waals surface area (Å²) in [4.78, 5) is 28.2. The molecule has 0 fully saturated rings. The lowest BCUT2D eigenvalue weighted by atomic mass is 9.98. The maximum Gasteiger partial charge on any atom is 0.276 e. The Morgan fingerprint density at radius 2 is 1.67 bits per heavy atom. The Labute approximate surface area is 229 Å². The van der Waals surface area contributed by atoms with E-state index in [1.54, 1.807) is 18.1 Å². The Kier molecular flexibility index (Phi) is 9.51. The number of rotatable bonds is 12. The van der Waals surface area contributed by atoms with Crippen LogP contribution in [0, 0.1) is 5.92 Å². The summed E-state index contributed by atoms with van der Waals surface area (Å²) in [6.07, 6.45) is 0.856. The fraction of sp³-hybridized carbons (Fsp3) is 0.281. The second kappa shape index (κ2) is 13.4. The molecule has 0 saturated heterocycles. The Bertz CT molecular complexity index is 1350. The summed E-state index contributed by atoms with van der Waals surface area (Å²) < 4.78 is 10.8.